The van der Waals surface area contributed by atoms with Crippen LogP contribution in [0.2, 0.25) is 0 Å². The second kappa shape index (κ2) is 7.17. The summed E-state index contributed by atoms with van der Waals surface area (Å²) in [6.07, 6.45) is 2.51. The van der Waals surface area contributed by atoms with Crippen LogP contribution in [-0.2, 0) is 0 Å². The van der Waals surface area contributed by atoms with Gasteiger partial charge in [-0.3, -0.25) is 0 Å². The average Bonchev–Trinajstić information content (AvgIpc) is 2.58. The first kappa shape index (κ1) is 16.1. The first-order valence-corrected chi connectivity index (χ1v) is 8.14. The summed E-state index contributed by atoms with van der Waals surface area (Å²) in [4.78, 5) is 8.36. The van der Waals surface area contributed by atoms with E-state index in [2.05, 4.69) is 35.2 Å². The number of aromatic nitrogens is 2. The molecule has 2 aromatic carbocycles. The Hall–Kier alpha value is -2.82. The SMILES string of the molecule is CC(C)CCNc1ncnc(Oc2ccc3ccccc3c2)c1N. The van der Waals surface area contributed by atoms with Gasteiger partial charge < -0.3 is 15.8 Å². The van der Waals surface area contributed by atoms with Gasteiger partial charge in [-0.05, 0) is 35.2 Å². The maximum absolute atomic E-state index is 6.15. The third-order valence-electron chi connectivity index (χ3n) is 3.80. The monoisotopic (exact) mass is 322 g/mol. The Labute approximate surface area is 141 Å². The summed E-state index contributed by atoms with van der Waals surface area (Å²) in [5, 5.41) is 5.52. The van der Waals surface area contributed by atoms with Crippen molar-refractivity contribution in [2.75, 3.05) is 17.6 Å². The van der Waals surface area contributed by atoms with E-state index in [9.17, 15) is 0 Å². The van der Waals surface area contributed by atoms with E-state index in [1.165, 1.54) is 6.33 Å². The van der Waals surface area contributed by atoms with Crippen molar-refractivity contribution in [1.82, 2.24) is 9.97 Å². The Bertz CT molecular complexity index is 832. The number of hydrogen-bond donors (Lipinski definition) is 2. The topological polar surface area (TPSA) is 73.1 Å². The van der Waals surface area contributed by atoms with Gasteiger partial charge in [-0.15, -0.1) is 0 Å². The molecule has 5 heteroatoms. The summed E-state index contributed by atoms with van der Waals surface area (Å²) in [5.74, 6) is 2.30. The first-order chi connectivity index (χ1) is 11.6. The van der Waals surface area contributed by atoms with Crippen molar-refractivity contribution < 1.29 is 4.74 Å². The normalized spacial score (nSPS) is 11.0. The highest BCUT2D eigenvalue weighted by atomic mass is 16.5. The Morgan fingerprint density at radius 2 is 1.88 bits per heavy atom. The quantitative estimate of drug-likeness (QED) is 0.701. The van der Waals surface area contributed by atoms with E-state index in [1.54, 1.807) is 0 Å². The van der Waals surface area contributed by atoms with Crippen molar-refractivity contribution in [2.45, 2.75) is 20.3 Å². The molecule has 0 saturated heterocycles. The number of ether oxygens (including phenoxy) is 1. The molecule has 0 spiro atoms. The Balaban J connectivity index is 1.78. The van der Waals surface area contributed by atoms with Gasteiger partial charge in [0.15, 0.2) is 5.82 Å². The van der Waals surface area contributed by atoms with Crippen LogP contribution in [0.1, 0.15) is 20.3 Å². The summed E-state index contributed by atoms with van der Waals surface area (Å²) in [6.45, 7) is 5.17. The molecular weight excluding hydrogens is 300 g/mol. The molecule has 0 fully saturated rings. The van der Waals surface area contributed by atoms with Crippen LogP contribution < -0.4 is 15.8 Å². The zero-order valence-corrected chi connectivity index (χ0v) is 14.0. The molecule has 1 aromatic heterocycles. The van der Waals surface area contributed by atoms with Crippen LogP contribution in [0, 0.1) is 5.92 Å². The lowest BCUT2D eigenvalue weighted by atomic mass is 10.1. The number of nitrogens with zero attached hydrogens (tertiary/aromatic N) is 2. The highest BCUT2D eigenvalue weighted by Crippen LogP contribution is 2.30. The highest BCUT2D eigenvalue weighted by Gasteiger charge is 2.10. The molecule has 0 aliphatic heterocycles. The third kappa shape index (κ3) is 3.74. The Morgan fingerprint density at radius 1 is 1.08 bits per heavy atom. The first-order valence-electron chi connectivity index (χ1n) is 8.14. The van der Waals surface area contributed by atoms with Crippen LogP contribution >= 0.6 is 0 Å². The van der Waals surface area contributed by atoms with E-state index in [1.807, 2.05) is 36.4 Å². The highest BCUT2D eigenvalue weighted by molar-refractivity contribution is 5.83. The molecule has 3 N–H and O–H groups in total. The standard InChI is InChI=1S/C19H22N4O/c1-13(2)9-10-21-18-17(20)19(23-12-22-18)24-16-8-7-14-5-3-4-6-15(14)11-16/h3-8,11-13H,9-10,20H2,1-2H3,(H,21,22,23). The lowest BCUT2D eigenvalue weighted by Gasteiger charge is -2.12. The molecule has 0 bridgehead atoms. The summed E-state index contributed by atoms with van der Waals surface area (Å²) in [6, 6.07) is 14.0. The van der Waals surface area contributed by atoms with E-state index >= 15 is 0 Å². The number of nitrogens with one attached hydrogen (secondary N) is 1. The maximum atomic E-state index is 6.15. The van der Waals surface area contributed by atoms with Gasteiger partial charge in [0.2, 0.25) is 5.88 Å². The van der Waals surface area contributed by atoms with Crippen molar-refractivity contribution in [2.24, 2.45) is 5.92 Å². The van der Waals surface area contributed by atoms with Gasteiger partial charge in [0, 0.05) is 6.54 Å². The molecule has 24 heavy (non-hydrogen) atoms. The summed E-state index contributed by atoms with van der Waals surface area (Å²) in [5.41, 5.74) is 6.57. The number of hydrogen-bond acceptors (Lipinski definition) is 5. The molecule has 3 rings (SSSR count). The maximum Gasteiger partial charge on any atom is 0.248 e. The van der Waals surface area contributed by atoms with E-state index < -0.39 is 0 Å². The van der Waals surface area contributed by atoms with E-state index in [4.69, 9.17) is 10.5 Å². The van der Waals surface area contributed by atoms with Gasteiger partial charge in [-0.1, -0.05) is 44.2 Å². The number of benzene rings is 2. The van der Waals surface area contributed by atoms with Gasteiger partial charge in [0.05, 0.1) is 0 Å². The average molecular weight is 322 g/mol. The fourth-order valence-electron chi connectivity index (χ4n) is 2.42. The van der Waals surface area contributed by atoms with Gasteiger partial charge in [0.1, 0.15) is 17.8 Å². The number of nitrogen functional groups attached to an aromatic ring is 1. The molecule has 0 unspecified atom stereocenters. The van der Waals surface area contributed by atoms with Crippen LogP contribution in [0.25, 0.3) is 10.8 Å². The molecule has 5 nitrogen and oxygen atoms in total. The minimum atomic E-state index is 0.368. The molecule has 0 amide bonds. The minimum Gasteiger partial charge on any atom is -0.437 e. The Morgan fingerprint density at radius 3 is 2.67 bits per heavy atom. The van der Waals surface area contributed by atoms with Crippen molar-refractivity contribution >= 4 is 22.3 Å². The molecule has 1 heterocycles. The van der Waals surface area contributed by atoms with Crippen molar-refractivity contribution in [1.29, 1.82) is 0 Å². The van der Waals surface area contributed by atoms with Crippen molar-refractivity contribution in [3.05, 3.63) is 48.8 Å². The summed E-state index contributed by atoms with van der Waals surface area (Å²) < 4.78 is 5.87. The molecule has 124 valence electrons. The van der Waals surface area contributed by atoms with E-state index in [0.717, 1.165) is 23.7 Å². The molecule has 0 atom stereocenters. The fraction of sp³-hybridized carbons (Fsp3) is 0.263. The predicted octanol–water partition coefficient (Wildman–Crippen LogP) is 4.46. The molecule has 0 saturated carbocycles. The lowest BCUT2D eigenvalue weighted by Crippen LogP contribution is -2.09. The van der Waals surface area contributed by atoms with Gasteiger partial charge in [0.25, 0.3) is 0 Å². The second-order valence-electron chi connectivity index (χ2n) is 6.16. The van der Waals surface area contributed by atoms with Crippen LogP contribution in [0.4, 0.5) is 11.5 Å². The van der Waals surface area contributed by atoms with Gasteiger partial charge in [-0.25, -0.2) is 4.98 Å². The van der Waals surface area contributed by atoms with Gasteiger partial charge in [-0.2, -0.15) is 4.98 Å². The smallest absolute Gasteiger partial charge is 0.248 e. The summed E-state index contributed by atoms with van der Waals surface area (Å²) >= 11 is 0. The number of anilines is 2. The number of rotatable bonds is 6. The summed E-state index contributed by atoms with van der Waals surface area (Å²) in [7, 11) is 0. The van der Waals surface area contributed by atoms with Crippen LogP contribution in [0.5, 0.6) is 11.6 Å². The van der Waals surface area contributed by atoms with Crippen molar-refractivity contribution in [3.63, 3.8) is 0 Å². The minimum absolute atomic E-state index is 0.368. The van der Waals surface area contributed by atoms with E-state index in [-0.39, 0.29) is 0 Å². The third-order valence-corrected chi connectivity index (χ3v) is 3.80. The lowest BCUT2D eigenvalue weighted by molar-refractivity contribution is 0.465. The number of nitrogens with two attached hydrogens (primary N) is 1. The molecule has 0 radical (unpaired) electrons. The second-order valence-corrected chi connectivity index (χ2v) is 6.16. The largest absolute Gasteiger partial charge is 0.437 e. The van der Waals surface area contributed by atoms with E-state index in [0.29, 0.717) is 29.1 Å². The van der Waals surface area contributed by atoms with Gasteiger partial charge >= 0.3 is 0 Å². The molecule has 0 aliphatic carbocycles. The van der Waals surface area contributed by atoms with Crippen LogP contribution in [-0.4, -0.2) is 16.5 Å². The fourth-order valence-corrected chi connectivity index (χ4v) is 2.42. The van der Waals surface area contributed by atoms with Crippen LogP contribution in [0.3, 0.4) is 0 Å². The zero-order chi connectivity index (χ0) is 16.9. The predicted molar refractivity (Wildman–Crippen MR) is 98.4 cm³/mol. The Kier molecular flexibility index (Phi) is 4.79. The zero-order valence-electron chi connectivity index (χ0n) is 14.0. The van der Waals surface area contributed by atoms with Crippen molar-refractivity contribution in [3.8, 4) is 11.6 Å². The molecule has 3 aromatic rings. The molecule has 0 aliphatic rings. The number of fused-ring (bicyclic) bond motifs is 1. The van der Waals surface area contributed by atoms with Crippen LogP contribution in [0.15, 0.2) is 48.8 Å². The molecular formula is C19H22N4O.